The Labute approximate surface area is 119 Å². The summed E-state index contributed by atoms with van der Waals surface area (Å²) in [6, 6.07) is 5.63. The lowest BCUT2D eigenvalue weighted by Crippen LogP contribution is -2.45. The van der Waals surface area contributed by atoms with E-state index in [1.54, 1.807) is 0 Å². The first kappa shape index (κ1) is 14.8. The van der Waals surface area contributed by atoms with Crippen molar-refractivity contribution in [1.29, 1.82) is 0 Å². The summed E-state index contributed by atoms with van der Waals surface area (Å²) in [5, 5.41) is 6.01. The Bertz CT molecular complexity index is 468. The number of rotatable bonds is 4. The zero-order valence-electron chi connectivity index (χ0n) is 12.2. The second kappa shape index (κ2) is 6.72. The van der Waals surface area contributed by atoms with Gasteiger partial charge in [-0.25, -0.2) is 0 Å². The van der Waals surface area contributed by atoms with Crippen LogP contribution in [0.3, 0.4) is 0 Å². The Balaban J connectivity index is 1.99. The van der Waals surface area contributed by atoms with Crippen molar-refractivity contribution in [3.8, 4) is 5.75 Å². The number of anilines is 1. The first-order valence-electron chi connectivity index (χ1n) is 6.97. The Morgan fingerprint density at radius 3 is 2.90 bits per heavy atom. The molecule has 1 aliphatic heterocycles. The summed E-state index contributed by atoms with van der Waals surface area (Å²) < 4.78 is 11.1. The number of hydrogen-bond donors (Lipinski definition) is 2. The van der Waals surface area contributed by atoms with Gasteiger partial charge in [-0.15, -0.1) is 0 Å². The van der Waals surface area contributed by atoms with E-state index >= 15 is 0 Å². The summed E-state index contributed by atoms with van der Waals surface area (Å²) in [7, 11) is 0. The van der Waals surface area contributed by atoms with E-state index in [0.29, 0.717) is 13.2 Å². The van der Waals surface area contributed by atoms with Crippen LogP contribution in [-0.4, -0.2) is 37.8 Å². The predicted molar refractivity (Wildman–Crippen MR) is 78.2 cm³/mol. The van der Waals surface area contributed by atoms with Gasteiger partial charge < -0.3 is 20.1 Å². The molecule has 2 N–H and O–H groups in total. The minimum Gasteiger partial charge on any atom is -0.491 e. The lowest BCUT2D eigenvalue weighted by molar-refractivity contribution is -0.128. The minimum absolute atomic E-state index is 0.117. The average Bonchev–Trinajstić information content (AvgIpc) is 2.42. The lowest BCUT2D eigenvalue weighted by Gasteiger charge is -2.23. The highest BCUT2D eigenvalue weighted by Gasteiger charge is 2.21. The molecule has 0 spiro atoms. The van der Waals surface area contributed by atoms with Crippen LogP contribution in [0.5, 0.6) is 5.75 Å². The van der Waals surface area contributed by atoms with E-state index in [-0.39, 0.29) is 12.0 Å². The molecule has 0 aromatic heterocycles. The molecule has 0 bridgehead atoms. The lowest BCUT2D eigenvalue weighted by atomic mass is 10.2. The molecule has 0 aliphatic carbocycles. The third kappa shape index (κ3) is 3.95. The van der Waals surface area contributed by atoms with Crippen molar-refractivity contribution in [2.24, 2.45) is 0 Å². The number of amides is 1. The van der Waals surface area contributed by atoms with E-state index < -0.39 is 6.10 Å². The maximum atomic E-state index is 12.0. The predicted octanol–water partition coefficient (Wildman–Crippen LogP) is 1.71. The molecule has 110 valence electrons. The third-order valence-electron chi connectivity index (χ3n) is 3.03. The second-order valence-electron chi connectivity index (χ2n) is 5.20. The molecular weight excluding hydrogens is 256 g/mol. The zero-order valence-corrected chi connectivity index (χ0v) is 12.2. The Kier molecular flexibility index (Phi) is 4.98. The maximum Gasteiger partial charge on any atom is 0.254 e. The fraction of sp³-hybridized carbons (Fsp3) is 0.533. The molecule has 1 heterocycles. The van der Waals surface area contributed by atoms with Crippen LogP contribution in [0, 0.1) is 6.92 Å². The fourth-order valence-electron chi connectivity index (χ4n) is 2.07. The number of hydrogen-bond acceptors (Lipinski definition) is 4. The highest BCUT2D eigenvalue weighted by molar-refractivity contribution is 5.94. The van der Waals surface area contributed by atoms with E-state index in [4.69, 9.17) is 9.47 Å². The fourth-order valence-corrected chi connectivity index (χ4v) is 2.07. The molecule has 1 aliphatic rings. The van der Waals surface area contributed by atoms with Crippen molar-refractivity contribution in [2.45, 2.75) is 33.0 Å². The molecule has 2 rings (SSSR count). The largest absolute Gasteiger partial charge is 0.491 e. The van der Waals surface area contributed by atoms with Gasteiger partial charge in [0, 0.05) is 18.8 Å². The second-order valence-corrected chi connectivity index (χ2v) is 5.20. The van der Waals surface area contributed by atoms with Crippen LogP contribution in [0.2, 0.25) is 0 Å². The molecule has 1 atom stereocenters. The van der Waals surface area contributed by atoms with Crippen molar-refractivity contribution < 1.29 is 14.3 Å². The molecule has 1 aromatic rings. The van der Waals surface area contributed by atoms with Gasteiger partial charge in [0.15, 0.2) is 0 Å². The highest BCUT2D eigenvalue weighted by atomic mass is 16.5. The molecule has 1 fully saturated rings. The van der Waals surface area contributed by atoms with E-state index in [2.05, 4.69) is 10.6 Å². The monoisotopic (exact) mass is 278 g/mol. The van der Waals surface area contributed by atoms with Crippen molar-refractivity contribution in [1.82, 2.24) is 5.32 Å². The van der Waals surface area contributed by atoms with Crippen molar-refractivity contribution >= 4 is 11.6 Å². The maximum absolute atomic E-state index is 12.0. The van der Waals surface area contributed by atoms with Gasteiger partial charge >= 0.3 is 0 Å². The molecule has 5 nitrogen and oxygen atoms in total. The number of morpholine rings is 1. The van der Waals surface area contributed by atoms with Crippen LogP contribution in [0.1, 0.15) is 19.4 Å². The van der Waals surface area contributed by atoms with E-state index in [0.717, 1.165) is 23.5 Å². The van der Waals surface area contributed by atoms with Crippen molar-refractivity contribution in [2.75, 3.05) is 25.0 Å². The number of carbonyl (C=O) groups is 1. The molecular formula is C15H22N2O3. The Morgan fingerprint density at radius 1 is 1.50 bits per heavy atom. The van der Waals surface area contributed by atoms with Crippen LogP contribution in [-0.2, 0) is 9.53 Å². The summed E-state index contributed by atoms with van der Waals surface area (Å²) in [5.41, 5.74) is 1.76. The summed E-state index contributed by atoms with van der Waals surface area (Å²) in [6.45, 7) is 7.86. The molecule has 0 radical (unpaired) electrons. The van der Waals surface area contributed by atoms with Gasteiger partial charge in [-0.05, 0) is 44.5 Å². The van der Waals surface area contributed by atoms with Gasteiger partial charge in [0.2, 0.25) is 0 Å². The molecule has 1 saturated heterocycles. The third-order valence-corrected chi connectivity index (χ3v) is 3.03. The number of ether oxygens (including phenoxy) is 2. The van der Waals surface area contributed by atoms with Gasteiger partial charge in [0.25, 0.3) is 5.91 Å². The summed E-state index contributed by atoms with van der Waals surface area (Å²) in [5.74, 6) is 0.725. The van der Waals surface area contributed by atoms with Crippen LogP contribution >= 0.6 is 0 Å². The average molecular weight is 278 g/mol. The molecule has 1 unspecified atom stereocenters. The van der Waals surface area contributed by atoms with Gasteiger partial charge in [-0.1, -0.05) is 0 Å². The first-order chi connectivity index (χ1) is 9.56. The minimum atomic E-state index is -0.421. The smallest absolute Gasteiger partial charge is 0.254 e. The summed E-state index contributed by atoms with van der Waals surface area (Å²) in [4.78, 5) is 12.0. The molecule has 1 amide bonds. The van der Waals surface area contributed by atoms with Crippen LogP contribution < -0.4 is 15.4 Å². The van der Waals surface area contributed by atoms with Gasteiger partial charge in [0.1, 0.15) is 11.9 Å². The Morgan fingerprint density at radius 2 is 2.30 bits per heavy atom. The van der Waals surface area contributed by atoms with E-state index in [1.165, 1.54) is 0 Å². The normalized spacial score (nSPS) is 18.9. The van der Waals surface area contributed by atoms with E-state index in [1.807, 2.05) is 39.0 Å². The first-order valence-corrected chi connectivity index (χ1v) is 6.97. The number of nitrogens with one attached hydrogen (secondary N) is 2. The number of aryl methyl sites for hydroxylation is 1. The van der Waals surface area contributed by atoms with Crippen molar-refractivity contribution in [3.05, 3.63) is 23.8 Å². The van der Waals surface area contributed by atoms with Crippen molar-refractivity contribution in [3.63, 3.8) is 0 Å². The molecule has 5 heteroatoms. The summed E-state index contributed by atoms with van der Waals surface area (Å²) >= 11 is 0. The standard InChI is InChI=1S/C15H22N2O3/c1-10(2)20-13-5-4-12(8-11(13)3)17-15(18)14-9-16-6-7-19-14/h4-5,8,10,14,16H,6-7,9H2,1-3H3,(H,17,18). The van der Waals surface area contributed by atoms with Crippen LogP contribution in [0.25, 0.3) is 0 Å². The number of benzene rings is 1. The van der Waals surface area contributed by atoms with E-state index in [9.17, 15) is 4.79 Å². The van der Waals surface area contributed by atoms with Gasteiger partial charge in [0.05, 0.1) is 12.7 Å². The molecule has 0 saturated carbocycles. The van der Waals surface area contributed by atoms with Gasteiger partial charge in [-0.2, -0.15) is 0 Å². The summed E-state index contributed by atoms with van der Waals surface area (Å²) in [6.07, 6.45) is -0.286. The number of carbonyl (C=O) groups excluding carboxylic acids is 1. The molecule has 1 aromatic carbocycles. The molecule has 20 heavy (non-hydrogen) atoms. The Hall–Kier alpha value is -1.59. The SMILES string of the molecule is Cc1cc(NC(=O)C2CNCCO2)ccc1OC(C)C. The van der Waals surface area contributed by atoms with Crippen LogP contribution in [0.4, 0.5) is 5.69 Å². The topological polar surface area (TPSA) is 59.6 Å². The zero-order chi connectivity index (χ0) is 14.5. The van der Waals surface area contributed by atoms with Gasteiger partial charge in [-0.3, -0.25) is 4.79 Å². The highest BCUT2D eigenvalue weighted by Crippen LogP contribution is 2.23. The quantitative estimate of drug-likeness (QED) is 0.880. The van der Waals surface area contributed by atoms with Crippen LogP contribution in [0.15, 0.2) is 18.2 Å².